The van der Waals surface area contributed by atoms with E-state index in [-0.39, 0.29) is 0 Å². The lowest BCUT2D eigenvalue weighted by atomic mass is 10.1. The van der Waals surface area contributed by atoms with Crippen molar-refractivity contribution in [2.45, 2.75) is 52.1 Å². The maximum absolute atomic E-state index is 5.69. The van der Waals surface area contributed by atoms with Crippen molar-refractivity contribution in [1.82, 2.24) is 0 Å². The number of aryl methyl sites for hydroxylation is 1. The predicted molar refractivity (Wildman–Crippen MR) is 74.3 cm³/mol. The first-order valence-corrected chi connectivity index (χ1v) is 6.82. The normalized spacial score (nSPS) is 16.4. The Morgan fingerprint density at radius 1 is 1.29 bits per heavy atom. The van der Waals surface area contributed by atoms with Crippen molar-refractivity contribution in [3.63, 3.8) is 0 Å². The van der Waals surface area contributed by atoms with Gasteiger partial charge in [-0.15, -0.1) is 0 Å². The summed E-state index contributed by atoms with van der Waals surface area (Å²) in [4.78, 5) is 2.57. The summed E-state index contributed by atoms with van der Waals surface area (Å²) < 4.78 is 0. The van der Waals surface area contributed by atoms with E-state index in [1.165, 1.54) is 42.5 Å². The van der Waals surface area contributed by atoms with Gasteiger partial charge in [0.15, 0.2) is 0 Å². The van der Waals surface area contributed by atoms with Gasteiger partial charge in [0.2, 0.25) is 0 Å². The van der Waals surface area contributed by atoms with Gasteiger partial charge < -0.3 is 10.6 Å². The van der Waals surface area contributed by atoms with Crippen LogP contribution in [0.25, 0.3) is 0 Å². The zero-order chi connectivity index (χ0) is 12.3. The summed E-state index contributed by atoms with van der Waals surface area (Å²) in [6.07, 6.45) is 5.49. The van der Waals surface area contributed by atoms with Gasteiger partial charge >= 0.3 is 0 Å². The summed E-state index contributed by atoms with van der Waals surface area (Å²) in [6.45, 7) is 6.20. The molecule has 2 nitrogen and oxygen atoms in total. The van der Waals surface area contributed by atoms with Crippen molar-refractivity contribution < 1.29 is 0 Å². The zero-order valence-corrected chi connectivity index (χ0v) is 11.1. The van der Waals surface area contributed by atoms with E-state index in [4.69, 9.17) is 5.73 Å². The van der Waals surface area contributed by atoms with E-state index in [9.17, 15) is 0 Å². The number of benzene rings is 1. The number of hydrogen-bond donors (Lipinski definition) is 1. The highest BCUT2D eigenvalue weighted by atomic mass is 15.2. The van der Waals surface area contributed by atoms with Crippen molar-refractivity contribution in [1.29, 1.82) is 0 Å². The Hall–Kier alpha value is -1.02. The third kappa shape index (κ3) is 2.63. The lowest BCUT2D eigenvalue weighted by Gasteiger charge is -2.31. The van der Waals surface area contributed by atoms with E-state index >= 15 is 0 Å². The van der Waals surface area contributed by atoms with Crippen molar-refractivity contribution in [3.05, 3.63) is 29.3 Å². The molecule has 1 aliphatic carbocycles. The monoisotopic (exact) mass is 232 g/mol. The Labute approximate surface area is 105 Å². The molecule has 0 atom stereocenters. The van der Waals surface area contributed by atoms with Crippen molar-refractivity contribution >= 4 is 5.69 Å². The molecule has 0 saturated heterocycles. The van der Waals surface area contributed by atoms with E-state index in [1.54, 1.807) is 0 Å². The molecule has 1 aliphatic rings. The smallest absolute Gasteiger partial charge is 0.0398 e. The van der Waals surface area contributed by atoms with Crippen LogP contribution in [0.15, 0.2) is 18.2 Å². The quantitative estimate of drug-likeness (QED) is 0.863. The van der Waals surface area contributed by atoms with Gasteiger partial charge in [-0.05, 0) is 43.9 Å². The van der Waals surface area contributed by atoms with Crippen LogP contribution in [0.1, 0.15) is 43.7 Å². The first-order chi connectivity index (χ1) is 8.26. The van der Waals surface area contributed by atoms with Crippen LogP contribution in [-0.4, -0.2) is 12.6 Å². The molecule has 1 fully saturated rings. The lowest BCUT2D eigenvalue weighted by molar-refractivity contribution is 0.618. The van der Waals surface area contributed by atoms with E-state index in [0.717, 1.165) is 12.6 Å². The summed E-state index contributed by atoms with van der Waals surface area (Å²) >= 11 is 0. The second-order valence-electron chi connectivity index (χ2n) is 5.05. The first kappa shape index (κ1) is 12.4. The topological polar surface area (TPSA) is 29.3 Å². The highest BCUT2D eigenvalue weighted by molar-refractivity contribution is 5.55. The van der Waals surface area contributed by atoms with Crippen LogP contribution in [0.2, 0.25) is 0 Å². The molecular formula is C15H24N2. The maximum Gasteiger partial charge on any atom is 0.0398 e. The molecule has 1 aromatic rings. The molecule has 0 amide bonds. The molecule has 1 aromatic carbocycles. The molecule has 0 radical (unpaired) electrons. The van der Waals surface area contributed by atoms with Gasteiger partial charge in [0.1, 0.15) is 0 Å². The molecule has 0 unspecified atom stereocenters. The third-order valence-corrected chi connectivity index (χ3v) is 3.91. The zero-order valence-electron chi connectivity index (χ0n) is 11.1. The van der Waals surface area contributed by atoms with Crippen LogP contribution >= 0.6 is 0 Å². The molecular weight excluding hydrogens is 208 g/mol. The Kier molecular flexibility index (Phi) is 4.06. The van der Waals surface area contributed by atoms with Gasteiger partial charge in [0.05, 0.1) is 0 Å². The van der Waals surface area contributed by atoms with E-state index in [2.05, 4.69) is 36.9 Å². The molecule has 0 bridgehead atoms. The summed E-state index contributed by atoms with van der Waals surface area (Å²) in [7, 11) is 0. The van der Waals surface area contributed by atoms with Gasteiger partial charge in [-0.25, -0.2) is 0 Å². The van der Waals surface area contributed by atoms with Crippen LogP contribution in [0, 0.1) is 6.92 Å². The Bertz CT molecular complexity index is 367. The van der Waals surface area contributed by atoms with Crippen LogP contribution < -0.4 is 10.6 Å². The Balaban J connectivity index is 2.23. The minimum Gasteiger partial charge on any atom is -0.369 e. The maximum atomic E-state index is 5.69. The van der Waals surface area contributed by atoms with Gasteiger partial charge in [-0.2, -0.15) is 0 Å². The average Bonchev–Trinajstić information content (AvgIpc) is 2.85. The van der Waals surface area contributed by atoms with Crippen LogP contribution in [0.4, 0.5) is 5.69 Å². The van der Waals surface area contributed by atoms with Crippen molar-refractivity contribution in [2.24, 2.45) is 5.73 Å². The highest BCUT2D eigenvalue weighted by Gasteiger charge is 2.22. The van der Waals surface area contributed by atoms with Crippen LogP contribution in [-0.2, 0) is 6.54 Å². The van der Waals surface area contributed by atoms with Crippen molar-refractivity contribution in [3.8, 4) is 0 Å². The molecule has 0 spiro atoms. The molecule has 0 heterocycles. The second kappa shape index (κ2) is 5.54. The Morgan fingerprint density at radius 3 is 2.53 bits per heavy atom. The predicted octanol–water partition coefficient (Wildman–Crippen LogP) is 3.22. The molecule has 0 aromatic heterocycles. The highest BCUT2D eigenvalue weighted by Crippen LogP contribution is 2.30. The average molecular weight is 232 g/mol. The molecule has 2 rings (SSSR count). The third-order valence-electron chi connectivity index (χ3n) is 3.91. The fraction of sp³-hybridized carbons (Fsp3) is 0.600. The molecule has 94 valence electrons. The minimum absolute atomic E-state index is 0.636. The Morgan fingerprint density at radius 2 is 2.00 bits per heavy atom. The number of nitrogens with two attached hydrogens (primary N) is 1. The summed E-state index contributed by atoms with van der Waals surface area (Å²) in [6, 6.07) is 7.40. The minimum atomic E-state index is 0.636. The molecule has 1 saturated carbocycles. The molecule has 2 heteroatoms. The van der Waals surface area contributed by atoms with Crippen LogP contribution in [0.5, 0.6) is 0 Å². The standard InChI is InChI=1S/C15H24N2/c1-3-17(14-6-4-5-7-14)15-9-8-13(11-16)10-12(15)2/h8-10,14H,3-7,11,16H2,1-2H3. The molecule has 0 aliphatic heterocycles. The van der Waals surface area contributed by atoms with E-state index < -0.39 is 0 Å². The van der Waals surface area contributed by atoms with Gasteiger partial charge in [0, 0.05) is 24.8 Å². The largest absolute Gasteiger partial charge is 0.369 e. The first-order valence-electron chi connectivity index (χ1n) is 6.82. The number of hydrogen-bond acceptors (Lipinski definition) is 2. The van der Waals surface area contributed by atoms with Gasteiger partial charge in [-0.1, -0.05) is 25.0 Å². The van der Waals surface area contributed by atoms with E-state index in [0.29, 0.717) is 6.54 Å². The van der Waals surface area contributed by atoms with E-state index in [1.807, 2.05) is 0 Å². The number of rotatable bonds is 4. The second-order valence-corrected chi connectivity index (χ2v) is 5.05. The number of nitrogens with zero attached hydrogens (tertiary/aromatic N) is 1. The van der Waals surface area contributed by atoms with Crippen molar-refractivity contribution in [2.75, 3.05) is 11.4 Å². The van der Waals surface area contributed by atoms with Gasteiger partial charge in [0.25, 0.3) is 0 Å². The number of anilines is 1. The lowest BCUT2D eigenvalue weighted by Crippen LogP contribution is -2.33. The SMILES string of the molecule is CCN(c1ccc(CN)cc1C)C1CCCC1. The molecule has 17 heavy (non-hydrogen) atoms. The fourth-order valence-corrected chi connectivity index (χ4v) is 3.01. The summed E-state index contributed by atoms with van der Waals surface area (Å²) in [5.74, 6) is 0. The fourth-order valence-electron chi connectivity index (χ4n) is 3.01. The summed E-state index contributed by atoms with van der Waals surface area (Å²) in [5.41, 5.74) is 9.68. The summed E-state index contributed by atoms with van der Waals surface area (Å²) in [5, 5.41) is 0. The van der Waals surface area contributed by atoms with Crippen LogP contribution in [0.3, 0.4) is 0 Å². The molecule has 2 N–H and O–H groups in total. The van der Waals surface area contributed by atoms with Gasteiger partial charge in [-0.3, -0.25) is 0 Å².